The molecule has 0 heterocycles. The Hall–Kier alpha value is -0.800. The van der Waals surface area contributed by atoms with Crippen molar-refractivity contribution >= 4 is 0 Å². The van der Waals surface area contributed by atoms with Crippen LogP contribution < -0.4 is 5.32 Å². The van der Waals surface area contributed by atoms with Crippen LogP contribution in [0.4, 0.5) is 13.2 Å². The van der Waals surface area contributed by atoms with Crippen molar-refractivity contribution in [3.8, 4) is 6.07 Å². The molecule has 0 aromatic rings. The largest absolute Gasteiger partial charge is 0.415 e. The Labute approximate surface area is 98.6 Å². The summed E-state index contributed by atoms with van der Waals surface area (Å²) in [6.07, 6.45) is -2.67. The molecule has 1 fully saturated rings. The molecule has 1 saturated carbocycles. The van der Waals surface area contributed by atoms with E-state index < -0.39 is 18.8 Å². The normalized spacial score (nSPS) is 28.2. The highest BCUT2D eigenvalue weighted by Gasteiger charge is 2.38. The molecule has 0 aromatic heterocycles. The molecule has 1 aliphatic rings. The van der Waals surface area contributed by atoms with Crippen molar-refractivity contribution in [1.29, 1.82) is 5.26 Å². The average molecular weight is 250 g/mol. The third kappa shape index (κ3) is 4.52. The Morgan fingerprint density at radius 3 is 2.53 bits per heavy atom. The summed E-state index contributed by atoms with van der Waals surface area (Å²) >= 11 is 0. The van der Waals surface area contributed by atoms with Crippen LogP contribution in [0.2, 0.25) is 0 Å². The number of halogens is 3. The standard InChI is InChI=1S/C11H17F3N2O/c12-11(13,14)10(17)7-16-9-5-3-1-2-4-8(9)6-15/h8-10,16-17H,1-5,7H2. The van der Waals surface area contributed by atoms with E-state index in [9.17, 15) is 13.2 Å². The molecule has 98 valence electrons. The average Bonchev–Trinajstić information content (AvgIpc) is 2.48. The van der Waals surface area contributed by atoms with Gasteiger partial charge in [0, 0.05) is 12.6 Å². The van der Waals surface area contributed by atoms with Gasteiger partial charge in [0.15, 0.2) is 6.10 Å². The monoisotopic (exact) mass is 250 g/mol. The van der Waals surface area contributed by atoms with E-state index in [4.69, 9.17) is 10.4 Å². The highest BCUT2D eigenvalue weighted by atomic mass is 19.4. The molecular weight excluding hydrogens is 233 g/mol. The predicted molar refractivity (Wildman–Crippen MR) is 56.0 cm³/mol. The highest BCUT2D eigenvalue weighted by molar-refractivity contribution is 4.94. The molecule has 3 atom stereocenters. The van der Waals surface area contributed by atoms with Crippen molar-refractivity contribution in [2.75, 3.05) is 6.54 Å². The first-order valence-electron chi connectivity index (χ1n) is 5.83. The number of alkyl halides is 3. The van der Waals surface area contributed by atoms with Crippen LogP contribution in [-0.2, 0) is 0 Å². The Morgan fingerprint density at radius 1 is 1.29 bits per heavy atom. The number of rotatable bonds is 3. The van der Waals surface area contributed by atoms with Crippen LogP contribution in [0.15, 0.2) is 0 Å². The molecule has 0 radical (unpaired) electrons. The van der Waals surface area contributed by atoms with E-state index in [2.05, 4.69) is 11.4 Å². The van der Waals surface area contributed by atoms with Crippen molar-refractivity contribution in [3.05, 3.63) is 0 Å². The summed E-state index contributed by atoms with van der Waals surface area (Å²) < 4.78 is 36.3. The van der Waals surface area contributed by atoms with Crippen molar-refractivity contribution in [3.63, 3.8) is 0 Å². The van der Waals surface area contributed by atoms with E-state index in [1.54, 1.807) is 0 Å². The predicted octanol–water partition coefficient (Wildman–Crippen LogP) is 1.97. The number of nitrogens with one attached hydrogen (secondary N) is 1. The van der Waals surface area contributed by atoms with Crippen LogP contribution in [0.3, 0.4) is 0 Å². The van der Waals surface area contributed by atoms with Crippen molar-refractivity contribution < 1.29 is 18.3 Å². The molecule has 0 aliphatic heterocycles. The molecule has 17 heavy (non-hydrogen) atoms. The van der Waals surface area contributed by atoms with E-state index in [1.807, 2.05) is 0 Å². The fourth-order valence-corrected chi connectivity index (χ4v) is 2.09. The van der Waals surface area contributed by atoms with Gasteiger partial charge in [0.05, 0.1) is 12.0 Å². The molecule has 0 spiro atoms. The second kappa shape index (κ2) is 6.22. The van der Waals surface area contributed by atoms with Crippen molar-refractivity contribution in [2.24, 2.45) is 5.92 Å². The Morgan fingerprint density at radius 2 is 1.94 bits per heavy atom. The highest BCUT2D eigenvalue weighted by Crippen LogP contribution is 2.24. The van der Waals surface area contributed by atoms with E-state index in [-0.39, 0.29) is 12.0 Å². The molecule has 1 rings (SSSR count). The first-order valence-corrected chi connectivity index (χ1v) is 5.83. The van der Waals surface area contributed by atoms with Crippen LogP contribution in [0.25, 0.3) is 0 Å². The first-order chi connectivity index (χ1) is 7.95. The van der Waals surface area contributed by atoms with Crippen LogP contribution in [0.1, 0.15) is 32.1 Å². The Kier molecular flexibility index (Phi) is 5.22. The number of nitriles is 1. The minimum absolute atomic E-state index is 0.237. The summed E-state index contributed by atoms with van der Waals surface area (Å²) in [5, 5.41) is 20.5. The molecule has 3 nitrogen and oxygen atoms in total. The molecule has 3 unspecified atom stereocenters. The van der Waals surface area contributed by atoms with Crippen LogP contribution in [-0.4, -0.2) is 30.0 Å². The van der Waals surface area contributed by atoms with E-state index in [0.717, 1.165) is 25.7 Å². The van der Waals surface area contributed by atoms with Crippen LogP contribution in [0, 0.1) is 17.2 Å². The lowest BCUT2D eigenvalue weighted by Gasteiger charge is -2.23. The van der Waals surface area contributed by atoms with Gasteiger partial charge in [-0.3, -0.25) is 0 Å². The molecule has 0 saturated heterocycles. The zero-order chi connectivity index (χ0) is 12.9. The summed E-state index contributed by atoms with van der Waals surface area (Å²) in [5.41, 5.74) is 0. The van der Waals surface area contributed by atoms with Gasteiger partial charge in [0.2, 0.25) is 0 Å². The minimum Gasteiger partial charge on any atom is -0.382 e. The molecule has 0 amide bonds. The molecule has 2 N–H and O–H groups in total. The first kappa shape index (κ1) is 14.3. The van der Waals surface area contributed by atoms with Crippen molar-refractivity contribution in [1.82, 2.24) is 5.32 Å². The summed E-state index contributed by atoms with van der Waals surface area (Å²) in [7, 11) is 0. The van der Waals surface area contributed by atoms with Crippen molar-refractivity contribution in [2.45, 2.75) is 50.4 Å². The van der Waals surface area contributed by atoms with Gasteiger partial charge in [-0.25, -0.2) is 0 Å². The maximum absolute atomic E-state index is 12.1. The topological polar surface area (TPSA) is 56.0 Å². The SMILES string of the molecule is N#CC1CCCCCC1NCC(O)C(F)(F)F. The molecule has 0 aromatic carbocycles. The van der Waals surface area contributed by atoms with Gasteiger partial charge in [-0.1, -0.05) is 19.3 Å². The number of nitrogens with zero attached hydrogens (tertiary/aromatic N) is 1. The van der Waals surface area contributed by atoms with Crippen LogP contribution in [0.5, 0.6) is 0 Å². The van der Waals surface area contributed by atoms with Gasteiger partial charge in [0.25, 0.3) is 0 Å². The Bertz CT molecular complexity index is 275. The van der Waals surface area contributed by atoms with Gasteiger partial charge >= 0.3 is 6.18 Å². The van der Waals surface area contributed by atoms with Crippen LogP contribution >= 0.6 is 0 Å². The number of hydrogen-bond acceptors (Lipinski definition) is 3. The smallest absolute Gasteiger partial charge is 0.382 e. The Balaban J connectivity index is 2.46. The second-order valence-electron chi connectivity index (χ2n) is 4.45. The maximum Gasteiger partial charge on any atom is 0.415 e. The second-order valence-corrected chi connectivity index (χ2v) is 4.45. The zero-order valence-corrected chi connectivity index (χ0v) is 9.50. The minimum atomic E-state index is -4.60. The summed E-state index contributed by atoms with van der Waals surface area (Å²) in [6, 6.07) is 1.89. The lowest BCUT2D eigenvalue weighted by Crippen LogP contribution is -2.44. The van der Waals surface area contributed by atoms with E-state index in [0.29, 0.717) is 6.42 Å². The fourth-order valence-electron chi connectivity index (χ4n) is 2.09. The number of aliphatic hydroxyl groups is 1. The summed E-state index contributed by atoms with van der Waals surface area (Å²) in [6.45, 7) is -0.535. The molecule has 0 bridgehead atoms. The van der Waals surface area contributed by atoms with Gasteiger partial charge in [-0.2, -0.15) is 18.4 Å². The third-order valence-electron chi connectivity index (χ3n) is 3.13. The summed E-state index contributed by atoms with van der Waals surface area (Å²) in [4.78, 5) is 0. The lowest BCUT2D eigenvalue weighted by atomic mass is 9.96. The molecular formula is C11H17F3N2O. The molecule has 6 heteroatoms. The quantitative estimate of drug-likeness (QED) is 0.753. The number of hydrogen-bond donors (Lipinski definition) is 2. The zero-order valence-electron chi connectivity index (χ0n) is 9.50. The van der Waals surface area contributed by atoms with Gasteiger partial charge in [0.1, 0.15) is 0 Å². The van der Waals surface area contributed by atoms with E-state index in [1.165, 1.54) is 0 Å². The van der Waals surface area contributed by atoms with E-state index >= 15 is 0 Å². The lowest BCUT2D eigenvalue weighted by molar-refractivity contribution is -0.202. The van der Waals surface area contributed by atoms with Gasteiger partial charge < -0.3 is 10.4 Å². The fraction of sp³-hybridized carbons (Fsp3) is 0.909. The van der Waals surface area contributed by atoms with Gasteiger partial charge in [-0.15, -0.1) is 0 Å². The number of aliphatic hydroxyl groups excluding tert-OH is 1. The molecule has 1 aliphatic carbocycles. The summed E-state index contributed by atoms with van der Waals surface area (Å²) in [5.74, 6) is -0.252. The maximum atomic E-state index is 12.1. The van der Waals surface area contributed by atoms with Gasteiger partial charge in [-0.05, 0) is 12.8 Å². The third-order valence-corrected chi connectivity index (χ3v) is 3.13.